The molecular formula is C15H17N. The third kappa shape index (κ3) is 2.63. The topological polar surface area (TPSA) is 3.24 Å². The molecule has 2 rings (SSSR count). The summed E-state index contributed by atoms with van der Waals surface area (Å²) in [5.74, 6) is 0. The van der Waals surface area contributed by atoms with E-state index < -0.39 is 0 Å². The monoisotopic (exact) mass is 211 g/mol. The van der Waals surface area contributed by atoms with Crippen LogP contribution in [0.1, 0.15) is 12.0 Å². The van der Waals surface area contributed by atoms with Gasteiger partial charge in [0.05, 0.1) is 0 Å². The van der Waals surface area contributed by atoms with Crippen LogP contribution in [-0.4, -0.2) is 14.1 Å². The quantitative estimate of drug-likeness (QED) is 0.721. The zero-order valence-electron chi connectivity index (χ0n) is 9.85. The average Bonchev–Trinajstić information content (AvgIpc) is 2.31. The minimum absolute atomic E-state index is 1.03. The summed E-state index contributed by atoms with van der Waals surface area (Å²) >= 11 is 0. The van der Waals surface area contributed by atoms with Gasteiger partial charge in [0.15, 0.2) is 0 Å². The van der Waals surface area contributed by atoms with Gasteiger partial charge in [-0.2, -0.15) is 0 Å². The summed E-state index contributed by atoms with van der Waals surface area (Å²) in [7, 11) is 4.12. The Hall–Kier alpha value is -1.76. The summed E-state index contributed by atoms with van der Waals surface area (Å²) in [6, 6.07) is 8.62. The lowest BCUT2D eigenvalue weighted by Gasteiger charge is -2.12. The first-order valence-electron chi connectivity index (χ1n) is 5.57. The molecule has 1 aromatic rings. The van der Waals surface area contributed by atoms with Crippen molar-refractivity contribution in [3.8, 4) is 0 Å². The second kappa shape index (κ2) is 4.84. The van der Waals surface area contributed by atoms with E-state index in [0.29, 0.717) is 0 Å². The van der Waals surface area contributed by atoms with Crippen molar-refractivity contribution in [3.63, 3.8) is 0 Å². The highest BCUT2D eigenvalue weighted by Crippen LogP contribution is 2.17. The van der Waals surface area contributed by atoms with Crippen molar-refractivity contribution in [3.05, 3.63) is 59.7 Å². The molecule has 1 heteroatoms. The van der Waals surface area contributed by atoms with Gasteiger partial charge < -0.3 is 4.90 Å². The van der Waals surface area contributed by atoms with Gasteiger partial charge >= 0.3 is 0 Å². The molecule has 0 amide bonds. The normalized spacial score (nSPS) is 16.8. The molecule has 0 bridgehead atoms. The zero-order chi connectivity index (χ0) is 11.4. The van der Waals surface area contributed by atoms with Gasteiger partial charge in [0.2, 0.25) is 0 Å². The predicted molar refractivity (Wildman–Crippen MR) is 71.6 cm³/mol. The fourth-order valence-corrected chi connectivity index (χ4v) is 1.72. The lowest BCUT2D eigenvalue weighted by atomic mass is 10.0. The Morgan fingerprint density at radius 1 is 1.06 bits per heavy atom. The van der Waals surface area contributed by atoms with Crippen LogP contribution in [0.15, 0.2) is 54.1 Å². The van der Waals surface area contributed by atoms with Crippen molar-refractivity contribution < 1.29 is 0 Å². The van der Waals surface area contributed by atoms with Crippen molar-refractivity contribution in [2.45, 2.75) is 6.42 Å². The van der Waals surface area contributed by atoms with Gasteiger partial charge in [0, 0.05) is 19.8 Å². The van der Waals surface area contributed by atoms with Gasteiger partial charge in [0.25, 0.3) is 0 Å². The first kappa shape index (κ1) is 10.7. The molecule has 1 aliphatic carbocycles. The Kier molecular flexibility index (Phi) is 3.25. The molecule has 0 fully saturated rings. The first-order chi connectivity index (χ1) is 7.75. The molecule has 0 radical (unpaired) electrons. The molecule has 1 nitrogen and oxygen atoms in total. The Morgan fingerprint density at radius 2 is 1.81 bits per heavy atom. The SMILES string of the molecule is CN(C)c1ccc(C=C2C=CC=CC2)cc1. The maximum atomic E-state index is 2.24. The van der Waals surface area contributed by atoms with Crippen molar-refractivity contribution in [2.24, 2.45) is 0 Å². The maximum Gasteiger partial charge on any atom is 0.0361 e. The number of rotatable bonds is 2. The highest BCUT2D eigenvalue weighted by molar-refractivity contribution is 5.60. The largest absolute Gasteiger partial charge is 0.378 e. The Labute approximate surface area is 97.4 Å². The van der Waals surface area contributed by atoms with Gasteiger partial charge in [-0.3, -0.25) is 0 Å². The highest BCUT2D eigenvalue weighted by Gasteiger charge is 1.96. The lowest BCUT2D eigenvalue weighted by Crippen LogP contribution is -2.07. The maximum absolute atomic E-state index is 2.24. The second-order valence-corrected chi connectivity index (χ2v) is 4.20. The van der Waals surface area contributed by atoms with Gasteiger partial charge in [-0.1, -0.05) is 42.5 Å². The Balaban J connectivity index is 2.16. The first-order valence-corrected chi connectivity index (χ1v) is 5.57. The van der Waals surface area contributed by atoms with Crippen LogP contribution >= 0.6 is 0 Å². The van der Waals surface area contributed by atoms with E-state index in [-0.39, 0.29) is 0 Å². The molecule has 0 saturated heterocycles. The number of anilines is 1. The van der Waals surface area contributed by atoms with Crippen LogP contribution in [0.4, 0.5) is 5.69 Å². The van der Waals surface area contributed by atoms with Crippen molar-refractivity contribution >= 4 is 11.8 Å². The summed E-state index contributed by atoms with van der Waals surface area (Å²) < 4.78 is 0. The highest BCUT2D eigenvalue weighted by atomic mass is 15.1. The molecule has 0 unspecified atom stereocenters. The van der Waals surface area contributed by atoms with Crippen molar-refractivity contribution in [1.29, 1.82) is 0 Å². The van der Waals surface area contributed by atoms with E-state index in [1.807, 2.05) is 0 Å². The van der Waals surface area contributed by atoms with Crippen LogP contribution in [0.2, 0.25) is 0 Å². The molecule has 0 atom stereocenters. The molecular weight excluding hydrogens is 194 g/mol. The molecule has 16 heavy (non-hydrogen) atoms. The minimum atomic E-state index is 1.03. The molecule has 0 aromatic heterocycles. The van der Waals surface area contributed by atoms with Gasteiger partial charge in [-0.05, 0) is 29.7 Å². The number of nitrogens with zero attached hydrogens (tertiary/aromatic N) is 1. The molecule has 0 heterocycles. The van der Waals surface area contributed by atoms with Crippen LogP contribution in [-0.2, 0) is 0 Å². The molecule has 0 N–H and O–H groups in total. The van der Waals surface area contributed by atoms with E-state index in [4.69, 9.17) is 0 Å². The van der Waals surface area contributed by atoms with E-state index in [2.05, 4.69) is 73.6 Å². The van der Waals surface area contributed by atoms with Crippen LogP contribution in [0.25, 0.3) is 6.08 Å². The number of allylic oxidation sites excluding steroid dienone is 5. The second-order valence-electron chi connectivity index (χ2n) is 4.20. The third-order valence-electron chi connectivity index (χ3n) is 2.67. The van der Waals surface area contributed by atoms with Gasteiger partial charge in [0.1, 0.15) is 0 Å². The molecule has 0 spiro atoms. The predicted octanol–water partition coefficient (Wildman–Crippen LogP) is 3.65. The van der Waals surface area contributed by atoms with E-state index >= 15 is 0 Å². The summed E-state index contributed by atoms with van der Waals surface area (Å²) in [5, 5.41) is 0. The molecule has 1 aromatic carbocycles. The summed E-state index contributed by atoms with van der Waals surface area (Å²) in [4.78, 5) is 2.11. The van der Waals surface area contributed by atoms with Crippen molar-refractivity contribution in [1.82, 2.24) is 0 Å². The number of hydrogen-bond acceptors (Lipinski definition) is 1. The number of hydrogen-bond donors (Lipinski definition) is 0. The number of benzene rings is 1. The fourth-order valence-electron chi connectivity index (χ4n) is 1.72. The average molecular weight is 211 g/mol. The van der Waals surface area contributed by atoms with E-state index in [1.165, 1.54) is 16.8 Å². The van der Waals surface area contributed by atoms with Crippen LogP contribution < -0.4 is 4.90 Å². The van der Waals surface area contributed by atoms with Gasteiger partial charge in [-0.25, -0.2) is 0 Å². The minimum Gasteiger partial charge on any atom is -0.378 e. The van der Waals surface area contributed by atoms with Crippen LogP contribution in [0.3, 0.4) is 0 Å². The van der Waals surface area contributed by atoms with E-state index in [1.54, 1.807) is 0 Å². The third-order valence-corrected chi connectivity index (χ3v) is 2.67. The van der Waals surface area contributed by atoms with E-state index in [0.717, 1.165) is 6.42 Å². The standard InChI is InChI=1S/C15H17N/c1-16(2)15-10-8-14(9-11-15)12-13-6-4-3-5-7-13/h3-6,8-12H,7H2,1-2H3. The van der Waals surface area contributed by atoms with Crippen LogP contribution in [0, 0.1) is 0 Å². The fraction of sp³-hybridized carbons (Fsp3) is 0.200. The summed E-state index contributed by atoms with van der Waals surface area (Å²) in [5.41, 5.74) is 3.86. The van der Waals surface area contributed by atoms with Crippen molar-refractivity contribution in [2.75, 3.05) is 19.0 Å². The lowest BCUT2D eigenvalue weighted by molar-refractivity contribution is 1.13. The summed E-state index contributed by atoms with van der Waals surface area (Å²) in [6.07, 6.45) is 11.8. The zero-order valence-corrected chi connectivity index (χ0v) is 9.85. The van der Waals surface area contributed by atoms with Gasteiger partial charge in [-0.15, -0.1) is 0 Å². The molecule has 82 valence electrons. The Bertz CT molecular complexity index is 433. The molecule has 0 aliphatic heterocycles. The molecule has 0 saturated carbocycles. The van der Waals surface area contributed by atoms with Crippen LogP contribution in [0.5, 0.6) is 0 Å². The molecule has 1 aliphatic rings. The summed E-state index contributed by atoms with van der Waals surface area (Å²) in [6.45, 7) is 0. The van der Waals surface area contributed by atoms with E-state index in [9.17, 15) is 0 Å². The smallest absolute Gasteiger partial charge is 0.0361 e. The Morgan fingerprint density at radius 3 is 2.38 bits per heavy atom.